The van der Waals surface area contributed by atoms with Crippen LogP contribution in [0, 0.1) is 0 Å². The van der Waals surface area contributed by atoms with Crippen LogP contribution in [0.25, 0.3) is 0 Å². The Bertz CT molecular complexity index is 406. The van der Waals surface area contributed by atoms with Crippen LogP contribution >= 0.6 is 0 Å². The van der Waals surface area contributed by atoms with Crippen LogP contribution in [0.2, 0.25) is 0 Å². The Hall–Kier alpha value is -1.15. The summed E-state index contributed by atoms with van der Waals surface area (Å²) in [7, 11) is -2.13. The van der Waals surface area contributed by atoms with Gasteiger partial charge in [-0.05, 0) is 6.42 Å². The van der Waals surface area contributed by atoms with Crippen molar-refractivity contribution in [3.63, 3.8) is 0 Å². The Morgan fingerprint density at radius 3 is 2.83 bits per heavy atom. The van der Waals surface area contributed by atoms with Crippen molar-refractivity contribution in [2.75, 3.05) is 32.5 Å². The number of hydrogen-bond donors (Lipinski definition) is 1. The van der Waals surface area contributed by atoms with Crippen molar-refractivity contribution >= 4 is 21.9 Å². The number of amides is 1. The molecule has 0 aromatic carbocycles. The van der Waals surface area contributed by atoms with Crippen molar-refractivity contribution in [3.05, 3.63) is 0 Å². The minimum Gasteiger partial charge on any atom is -0.469 e. The number of esters is 1. The van der Waals surface area contributed by atoms with Gasteiger partial charge in [-0.3, -0.25) is 9.59 Å². The van der Waals surface area contributed by atoms with E-state index in [9.17, 15) is 18.0 Å². The summed E-state index contributed by atoms with van der Waals surface area (Å²) in [6, 6.07) is 0. The van der Waals surface area contributed by atoms with E-state index in [0.29, 0.717) is 6.54 Å². The van der Waals surface area contributed by atoms with E-state index in [-0.39, 0.29) is 44.0 Å². The van der Waals surface area contributed by atoms with E-state index in [4.69, 9.17) is 0 Å². The van der Waals surface area contributed by atoms with E-state index in [2.05, 4.69) is 10.1 Å². The Morgan fingerprint density at radius 2 is 2.17 bits per heavy atom. The summed E-state index contributed by atoms with van der Waals surface area (Å²) in [4.78, 5) is 22.0. The van der Waals surface area contributed by atoms with Gasteiger partial charge in [0.15, 0.2) is 0 Å². The van der Waals surface area contributed by atoms with Crippen molar-refractivity contribution in [1.82, 2.24) is 9.62 Å². The largest absolute Gasteiger partial charge is 0.469 e. The fourth-order valence-electron chi connectivity index (χ4n) is 1.65. The summed E-state index contributed by atoms with van der Waals surface area (Å²) < 4.78 is 29.6. The molecule has 1 amide bonds. The van der Waals surface area contributed by atoms with Crippen molar-refractivity contribution in [2.24, 2.45) is 0 Å². The molecule has 7 nitrogen and oxygen atoms in total. The van der Waals surface area contributed by atoms with Crippen LogP contribution in [-0.4, -0.2) is 57.1 Å². The highest BCUT2D eigenvalue weighted by atomic mass is 32.2. The highest BCUT2D eigenvalue weighted by molar-refractivity contribution is 7.89. The van der Waals surface area contributed by atoms with Crippen molar-refractivity contribution < 1.29 is 22.7 Å². The fraction of sp³-hybridized carbons (Fsp3) is 0.800. The first-order valence-corrected chi connectivity index (χ1v) is 7.38. The SMILES string of the molecule is COC(=O)CCCS(=O)(=O)N1CCNC(=O)CC1. The zero-order valence-corrected chi connectivity index (χ0v) is 11.2. The van der Waals surface area contributed by atoms with E-state index in [1.165, 1.54) is 11.4 Å². The Morgan fingerprint density at radius 1 is 1.44 bits per heavy atom. The topological polar surface area (TPSA) is 92.8 Å². The van der Waals surface area contributed by atoms with Crippen LogP contribution in [0.5, 0.6) is 0 Å². The van der Waals surface area contributed by atoms with Gasteiger partial charge in [-0.1, -0.05) is 0 Å². The fourth-order valence-corrected chi connectivity index (χ4v) is 3.16. The maximum absolute atomic E-state index is 11.9. The van der Waals surface area contributed by atoms with E-state index >= 15 is 0 Å². The van der Waals surface area contributed by atoms with Gasteiger partial charge >= 0.3 is 5.97 Å². The second-order valence-corrected chi connectivity index (χ2v) is 6.08. The number of ether oxygens (including phenoxy) is 1. The molecule has 1 aliphatic heterocycles. The van der Waals surface area contributed by atoms with Crippen LogP contribution in [0.3, 0.4) is 0 Å². The van der Waals surface area contributed by atoms with Gasteiger partial charge in [0, 0.05) is 32.5 Å². The van der Waals surface area contributed by atoms with Crippen molar-refractivity contribution in [3.8, 4) is 0 Å². The van der Waals surface area contributed by atoms with Gasteiger partial charge < -0.3 is 10.1 Å². The number of nitrogens with zero attached hydrogens (tertiary/aromatic N) is 1. The lowest BCUT2D eigenvalue weighted by Gasteiger charge is -2.18. The number of methoxy groups -OCH3 is 1. The molecule has 0 unspecified atom stereocenters. The third-order valence-corrected chi connectivity index (χ3v) is 4.63. The molecular formula is C10H18N2O5S. The molecule has 0 atom stereocenters. The molecule has 0 saturated carbocycles. The molecule has 0 radical (unpaired) electrons. The lowest BCUT2D eigenvalue weighted by Crippen LogP contribution is -2.36. The molecule has 1 rings (SSSR count). The molecule has 1 N–H and O–H groups in total. The van der Waals surface area contributed by atoms with Crippen LogP contribution in [0.1, 0.15) is 19.3 Å². The Labute approximate surface area is 107 Å². The second-order valence-electron chi connectivity index (χ2n) is 3.99. The zero-order chi connectivity index (χ0) is 13.6. The Kier molecular flexibility index (Phi) is 5.54. The highest BCUT2D eigenvalue weighted by Crippen LogP contribution is 2.08. The molecule has 1 heterocycles. The predicted molar refractivity (Wildman–Crippen MR) is 64.2 cm³/mol. The molecule has 8 heteroatoms. The Balaban J connectivity index is 2.47. The molecule has 0 spiro atoms. The number of carbonyl (C=O) groups excluding carboxylic acids is 2. The van der Waals surface area contributed by atoms with Crippen molar-refractivity contribution in [1.29, 1.82) is 0 Å². The number of rotatable bonds is 5. The normalized spacial score (nSPS) is 17.9. The lowest BCUT2D eigenvalue weighted by molar-refractivity contribution is -0.140. The first-order valence-electron chi connectivity index (χ1n) is 5.77. The monoisotopic (exact) mass is 278 g/mol. The minimum atomic E-state index is -3.40. The molecule has 0 bridgehead atoms. The average molecular weight is 278 g/mol. The predicted octanol–water partition coefficient (Wildman–Crippen LogP) is -0.909. The number of sulfonamides is 1. The third-order valence-electron chi connectivity index (χ3n) is 2.68. The summed E-state index contributed by atoms with van der Waals surface area (Å²) in [5.74, 6) is -0.656. The number of carbonyl (C=O) groups is 2. The van der Waals surface area contributed by atoms with Gasteiger partial charge in [0.2, 0.25) is 15.9 Å². The average Bonchev–Trinajstić information content (AvgIpc) is 2.54. The van der Waals surface area contributed by atoms with Gasteiger partial charge in [-0.25, -0.2) is 8.42 Å². The van der Waals surface area contributed by atoms with Crippen molar-refractivity contribution in [2.45, 2.75) is 19.3 Å². The molecule has 1 fully saturated rings. The quantitative estimate of drug-likeness (QED) is 0.657. The molecule has 104 valence electrons. The molecule has 1 aliphatic rings. The maximum Gasteiger partial charge on any atom is 0.305 e. The lowest BCUT2D eigenvalue weighted by atomic mass is 10.3. The first-order chi connectivity index (χ1) is 8.45. The van der Waals surface area contributed by atoms with Crippen LogP contribution in [-0.2, 0) is 24.3 Å². The highest BCUT2D eigenvalue weighted by Gasteiger charge is 2.24. The maximum atomic E-state index is 11.9. The summed E-state index contributed by atoms with van der Waals surface area (Å²) in [6.45, 7) is 0.813. The number of hydrogen-bond acceptors (Lipinski definition) is 5. The van der Waals surface area contributed by atoms with Crippen LogP contribution in [0.4, 0.5) is 0 Å². The third kappa shape index (κ3) is 4.61. The minimum absolute atomic E-state index is 0.0841. The van der Waals surface area contributed by atoms with Gasteiger partial charge in [0.05, 0.1) is 12.9 Å². The summed E-state index contributed by atoms with van der Waals surface area (Å²) in [6.07, 6.45) is 0.490. The van der Waals surface area contributed by atoms with Gasteiger partial charge in [0.1, 0.15) is 0 Å². The summed E-state index contributed by atoms with van der Waals surface area (Å²) in [5, 5.41) is 2.61. The smallest absolute Gasteiger partial charge is 0.305 e. The van der Waals surface area contributed by atoms with E-state index in [1.54, 1.807) is 0 Å². The molecule has 18 heavy (non-hydrogen) atoms. The van der Waals surface area contributed by atoms with E-state index < -0.39 is 16.0 Å². The van der Waals surface area contributed by atoms with E-state index in [0.717, 1.165) is 0 Å². The van der Waals surface area contributed by atoms with Gasteiger partial charge in [-0.15, -0.1) is 0 Å². The number of nitrogens with one attached hydrogen (secondary N) is 1. The van der Waals surface area contributed by atoms with Crippen LogP contribution in [0.15, 0.2) is 0 Å². The van der Waals surface area contributed by atoms with Crippen LogP contribution < -0.4 is 5.32 Å². The molecule has 1 saturated heterocycles. The molecule has 0 aliphatic carbocycles. The summed E-state index contributed by atoms with van der Waals surface area (Å²) >= 11 is 0. The zero-order valence-electron chi connectivity index (χ0n) is 10.3. The molecular weight excluding hydrogens is 260 g/mol. The van der Waals surface area contributed by atoms with Gasteiger partial charge in [-0.2, -0.15) is 4.31 Å². The second kappa shape index (κ2) is 6.69. The van der Waals surface area contributed by atoms with E-state index in [1.807, 2.05) is 0 Å². The first kappa shape index (κ1) is 14.9. The summed E-state index contributed by atoms with van der Waals surface area (Å²) in [5.41, 5.74) is 0. The standard InChI is InChI=1S/C10H18N2O5S/c1-17-10(14)3-2-8-18(15,16)12-6-4-9(13)11-5-7-12/h2-8H2,1H3,(H,11,13). The van der Waals surface area contributed by atoms with Gasteiger partial charge in [0.25, 0.3) is 0 Å². The molecule has 0 aromatic heterocycles. The molecule has 0 aromatic rings.